The van der Waals surface area contributed by atoms with Gasteiger partial charge in [-0.25, -0.2) is 0 Å². The fraction of sp³-hybridized carbons (Fsp3) is 0.917. The molecule has 15 heavy (non-hydrogen) atoms. The summed E-state index contributed by atoms with van der Waals surface area (Å²) in [6.07, 6.45) is 6.20. The molecule has 1 aliphatic heterocycles. The smallest absolute Gasteiger partial charge is 0.178 e. The van der Waals surface area contributed by atoms with Crippen molar-refractivity contribution < 1.29 is 14.3 Å². The molecule has 3 heteroatoms. The first-order valence-electron chi connectivity index (χ1n) is 6.12. The third-order valence-corrected chi connectivity index (χ3v) is 4.18. The Labute approximate surface area is 90.1 Å². The monoisotopic (exact) mass is 210 g/mol. The van der Waals surface area contributed by atoms with Crippen LogP contribution in [0.2, 0.25) is 0 Å². The van der Waals surface area contributed by atoms with E-state index in [1.54, 1.807) is 0 Å². The van der Waals surface area contributed by atoms with Crippen molar-refractivity contribution in [2.75, 3.05) is 13.2 Å². The maximum atomic E-state index is 12.1. The highest BCUT2D eigenvalue weighted by molar-refractivity contribution is 5.83. The highest BCUT2D eigenvalue weighted by atomic mass is 16.7. The van der Waals surface area contributed by atoms with E-state index in [4.69, 9.17) is 9.47 Å². The normalized spacial score (nSPS) is 39.3. The summed E-state index contributed by atoms with van der Waals surface area (Å²) in [4.78, 5) is 12.1. The lowest BCUT2D eigenvalue weighted by molar-refractivity contribution is -0.189. The molecule has 1 saturated heterocycles. The van der Waals surface area contributed by atoms with Gasteiger partial charge in [0.2, 0.25) is 0 Å². The van der Waals surface area contributed by atoms with Crippen LogP contribution in [-0.2, 0) is 14.3 Å². The number of fused-ring (bicyclic) bond motifs is 2. The van der Waals surface area contributed by atoms with E-state index in [1.165, 1.54) is 12.8 Å². The zero-order valence-electron chi connectivity index (χ0n) is 9.04. The molecule has 84 valence electrons. The Kier molecular flexibility index (Phi) is 2.33. The number of ketones is 1. The summed E-state index contributed by atoms with van der Waals surface area (Å²) in [6.45, 7) is 1.33. The maximum Gasteiger partial charge on any atom is 0.178 e. The predicted molar refractivity (Wildman–Crippen MR) is 54.3 cm³/mol. The largest absolute Gasteiger partial charge is 0.347 e. The van der Waals surface area contributed by atoms with E-state index in [9.17, 15) is 4.79 Å². The highest BCUT2D eigenvalue weighted by Crippen LogP contribution is 2.49. The van der Waals surface area contributed by atoms with Crippen molar-refractivity contribution in [3.05, 3.63) is 0 Å². The molecular formula is C12H18O3. The van der Waals surface area contributed by atoms with Gasteiger partial charge >= 0.3 is 0 Å². The SMILES string of the molecule is O=C1CCCC[C@H]2CCC3(OCCO3)[C@H]12. The zero-order valence-corrected chi connectivity index (χ0v) is 9.04. The summed E-state index contributed by atoms with van der Waals surface area (Å²) in [5.74, 6) is 0.448. The fourth-order valence-electron chi connectivity index (χ4n) is 3.54. The Morgan fingerprint density at radius 2 is 1.93 bits per heavy atom. The molecular weight excluding hydrogens is 192 g/mol. The second-order valence-corrected chi connectivity index (χ2v) is 5.00. The first kappa shape index (κ1) is 9.79. The van der Waals surface area contributed by atoms with Crippen LogP contribution in [0.3, 0.4) is 0 Å². The molecule has 3 nitrogen and oxygen atoms in total. The lowest BCUT2D eigenvalue weighted by atomic mass is 9.87. The molecule has 0 N–H and O–H groups in total. The van der Waals surface area contributed by atoms with Crippen LogP contribution in [0.15, 0.2) is 0 Å². The van der Waals surface area contributed by atoms with Crippen molar-refractivity contribution in [3.63, 3.8) is 0 Å². The van der Waals surface area contributed by atoms with Crippen molar-refractivity contribution in [2.24, 2.45) is 11.8 Å². The number of carbonyl (C=O) groups is 1. The summed E-state index contributed by atoms with van der Waals surface area (Å²) in [6, 6.07) is 0. The Bertz CT molecular complexity index is 268. The molecule has 1 spiro atoms. The summed E-state index contributed by atoms with van der Waals surface area (Å²) in [5.41, 5.74) is 0. The summed E-state index contributed by atoms with van der Waals surface area (Å²) in [5, 5.41) is 0. The molecule has 2 saturated carbocycles. The number of carbonyl (C=O) groups excluding carboxylic acids is 1. The maximum absolute atomic E-state index is 12.1. The van der Waals surface area contributed by atoms with Gasteiger partial charge in [0.15, 0.2) is 5.79 Å². The van der Waals surface area contributed by atoms with E-state index in [1.807, 2.05) is 0 Å². The quantitative estimate of drug-likeness (QED) is 0.612. The van der Waals surface area contributed by atoms with Crippen LogP contribution in [0, 0.1) is 11.8 Å². The second kappa shape index (κ2) is 3.56. The van der Waals surface area contributed by atoms with E-state index >= 15 is 0 Å². The molecule has 0 radical (unpaired) electrons. The third-order valence-electron chi connectivity index (χ3n) is 4.18. The average Bonchev–Trinajstić information content (AvgIpc) is 2.78. The Morgan fingerprint density at radius 1 is 1.13 bits per heavy atom. The standard InChI is InChI=1S/C12H18O3/c13-10-4-2-1-3-9-5-6-12(11(9)10)14-7-8-15-12/h9,11H,1-8H2/t9-,11-/m0/s1. The predicted octanol–water partition coefficient (Wildman–Crippen LogP) is 1.90. The van der Waals surface area contributed by atoms with Crippen LogP contribution in [0.4, 0.5) is 0 Å². The van der Waals surface area contributed by atoms with Crippen LogP contribution in [0.1, 0.15) is 38.5 Å². The van der Waals surface area contributed by atoms with Gasteiger partial charge in [-0.1, -0.05) is 6.42 Å². The molecule has 0 aromatic carbocycles. The minimum atomic E-state index is -0.508. The number of hydrogen-bond donors (Lipinski definition) is 0. The van der Waals surface area contributed by atoms with E-state index in [0.717, 1.165) is 25.7 Å². The second-order valence-electron chi connectivity index (χ2n) is 5.00. The molecule has 3 rings (SSSR count). The third kappa shape index (κ3) is 1.44. The summed E-state index contributed by atoms with van der Waals surface area (Å²) < 4.78 is 11.5. The number of rotatable bonds is 0. The van der Waals surface area contributed by atoms with E-state index in [2.05, 4.69) is 0 Å². The van der Waals surface area contributed by atoms with Gasteiger partial charge in [-0.05, 0) is 25.2 Å². The van der Waals surface area contributed by atoms with Gasteiger partial charge in [-0.3, -0.25) is 4.79 Å². The number of Topliss-reactive ketones (excluding diaryl/α,β-unsaturated/α-hetero) is 1. The molecule has 0 bridgehead atoms. The van der Waals surface area contributed by atoms with Gasteiger partial charge in [0.05, 0.1) is 19.1 Å². The van der Waals surface area contributed by atoms with Crippen LogP contribution < -0.4 is 0 Å². The van der Waals surface area contributed by atoms with Crippen molar-refractivity contribution in [3.8, 4) is 0 Å². The molecule has 0 unspecified atom stereocenters. The summed E-state index contributed by atoms with van der Waals surface area (Å²) >= 11 is 0. The average molecular weight is 210 g/mol. The Morgan fingerprint density at radius 3 is 2.73 bits per heavy atom. The first-order valence-corrected chi connectivity index (χ1v) is 6.12. The Hall–Kier alpha value is -0.410. The van der Waals surface area contributed by atoms with Crippen LogP contribution >= 0.6 is 0 Å². The topological polar surface area (TPSA) is 35.5 Å². The van der Waals surface area contributed by atoms with Crippen molar-refractivity contribution in [1.29, 1.82) is 0 Å². The lowest BCUT2D eigenvalue weighted by Crippen LogP contribution is -2.41. The molecule has 0 aromatic heterocycles. The fourth-order valence-corrected chi connectivity index (χ4v) is 3.54. The van der Waals surface area contributed by atoms with Gasteiger partial charge in [0, 0.05) is 12.8 Å². The highest BCUT2D eigenvalue weighted by Gasteiger charge is 2.55. The molecule has 3 aliphatic rings. The molecule has 2 atom stereocenters. The zero-order chi connectivity index (χ0) is 10.3. The van der Waals surface area contributed by atoms with E-state index in [-0.39, 0.29) is 5.92 Å². The van der Waals surface area contributed by atoms with Gasteiger partial charge in [-0.2, -0.15) is 0 Å². The van der Waals surface area contributed by atoms with Crippen molar-refractivity contribution >= 4 is 5.78 Å². The van der Waals surface area contributed by atoms with Gasteiger partial charge in [0.1, 0.15) is 5.78 Å². The number of ether oxygens (including phenoxy) is 2. The van der Waals surface area contributed by atoms with Crippen molar-refractivity contribution in [2.45, 2.75) is 44.3 Å². The van der Waals surface area contributed by atoms with Crippen LogP contribution in [0.25, 0.3) is 0 Å². The summed E-state index contributed by atoms with van der Waals surface area (Å²) in [7, 11) is 0. The van der Waals surface area contributed by atoms with Gasteiger partial charge < -0.3 is 9.47 Å². The van der Waals surface area contributed by atoms with Gasteiger partial charge in [-0.15, -0.1) is 0 Å². The minimum Gasteiger partial charge on any atom is -0.347 e. The molecule has 0 amide bonds. The van der Waals surface area contributed by atoms with Crippen LogP contribution in [-0.4, -0.2) is 24.8 Å². The van der Waals surface area contributed by atoms with Crippen LogP contribution in [0.5, 0.6) is 0 Å². The molecule has 2 aliphatic carbocycles. The molecule has 3 fully saturated rings. The lowest BCUT2D eigenvalue weighted by Gasteiger charge is -2.29. The van der Waals surface area contributed by atoms with Crippen molar-refractivity contribution in [1.82, 2.24) is 0 Å². The van der Waals surface area contributed by atoms with E-state index < -0.39 is 5.79 Å². The Balaban J connectivity index is 1.89. The molecule has 0 aromatic rings. The number of hydrogen-bond acceptors (Lipinski definition) is 3. The van der Waals surface area contributed by atoms with E-state index in [0.29, 0.717) is 24.9 Å². The first-order chi connectivity index (χ1) is 7.32. The molecule has 1 heterocycles. The minimum absolute atomic E-state index is 0.0440. The van der Waals surface area contributed by atoms with Gasteiger partial charge in [0.25, 0.3) is 0 Å².